The van der Waals surface area contributed by atoms with Crippen molar-refractivity contribution in [3.8, 4) is 11.4 Å². The van der Waals surface area contributed by atoms with Gasteiger partial charge in [-0.15, -0.1) is 10.2 Å². The Kier molecular flexibility index (Phi) is 6.26. The summed E-state index contributed by atoms with van der Waals surface area (Å²) in [6.45, 7) is 0.913. The molecule has 1 aliphatic rings. The molecule has 3 N–H and O–H groups in total. The summed E-state index contributed by atoms with van der Waals surface area (Å²) in [7, 11) is 1.47. The van der Waals surface area contributed by atoms with E-state index >= 15 is 0 Å². The van der Waals surface area contributed by atoms with E-state index < -0.39 is 18.0 Å². The molecule has 0 saturated carbocycles. The fourth-order valence-corrected chi connectivity index (χ4v) is 3.81. The molecule has 1 aliphatic heterocycles. The number of rotatable bonds is 5. The average Bonchev–Trinajstić information content (AvgIpc) is 3.06. The standard InChI is InChI=1S/C23H26N6O2/c1-24-23(31)26-22(30)20(16-9-4-2-5-10-16)25-18-12-8-11-17(15-18)21-28-27-19-13-6-3-7-14-29(19)21/h2,4-5,8-12,15,20,25H,3,6-7,13-14H2,1H3,(H2,24,26,30,31). The monoisotopic (exact) mass is 418 g/mol. The molecular weight excluding hydrogens is 392 g/mol. The number of hydrogen-bond acceptors (Lipinski definition) is 5. The number of imide groups is 1. The van der Waals surface area contributed by atoms with Gasteiger partial charge in [-0.2, -0.15) is 0 Å². The number of benzene rings is 2. The van der Waals surface area contributed by atoms with Crippen molar-refractivity contribution in [1.29, 1.82) is 0 Å². The lowest BCUT2D eigenvalue weighted by atomic mass is 10.1. The van der Waals surface area contributed by atoms with Crippen molar-refractivity contribution in [3.63, 3.8) is 0 Å². The molecule has 2 heterocycles. The molecule has 8 nitrogen and oxygen atoms in total. The Labute approximate surface area is 181 Å². The van der Waals surface area contributed by atoms with Crippen LogP contribution in [-0.2, 0) is 17.8 Å². The van der Waals surface area contributed by atoms with E-state index in [0.29, 0.717) is 0 Å². The maximum absolute atomic E-state index is 12.8. The van der Waals surface area contributed by atoms with Crippen LogP contribution < -0.4 is 16.0 Å². The number of nitrogens with zero attached hydrogens (tertiary/aromatic N) is 3. The zero-order valence-corrected chi connectivity index (χ0v) is 17.5. The van der Waals surface area contributed by atoms with E-state index in [9.17, 15) is 9.59 Å². The van der Waals surface area contributed by atoms with Crippen LogP contribution in [0.1, 0.15) is 36.7 Å². The lowest BCUT2D eigenvalue weighted by Gasteiger charge is -2.20. The molecule has 4 rings (SSSR count). The lowest BCUT2D eigenvalue weighted by molar-refractivity contribution is -0.120. The van der Waals surface area contributed by atoms with Crippen molar-refractivity contribution >= 4 is 17.6 Å². The molecular formula is C23H26N6O2. The third-order valence-electron chi connectivity index (χ3n) is 5.40. The Bertz CT molecular complexity index is 1060. The van der Waals surface area contributed by atoms with Crippen molar-refractivity contribution in [2.24, 2.45) is 0 Å². The third kappa shape index (κ3) is 4.74. The van der Waals surface area contributed by atoms with Crippen molar-refractivity contribution in [3.05, 3.63) is 66.0 Å². The first kappa shape index (κ1) is 20.6. The number of nitrogens with one attached hydrogen (secondary N) is 3. The molecule has 0 aliphatic carbocycles. The van der Waals surface area contributed by atoms with Gasteiger partial charge in [0.05, 0.1) is 0 Å². The lowest BCUT2D eigenvalue weighted by Crippen LogP contribution is -2.42. The summed E-state index contributed by atoms with van der Waals surface area (Å²) in [6, 6.07) is 15.8. The van der Waals surface area contributed by atoms with Gasteiger partial charge in [-0.3, -0.25) is 10.1 Å². The zero-order chi connectivity index (χ0) is 21.6. The molecule has 1 aromatic heterocycles. The number of carbonyl (C=O) groups excluding carboxylic acids is 2. The van der Waals surface area contributed by atoms with Gasteiger partial charge in [-0.05, 0) is 30.5 Å². The van der Waals surface area contributed by atoms with Crippen LogP contribution in [0.25, 0.3) is 11.4 Å². The minimum atomic E-state index is -0.732. The molecule has 160 valence electrons. The molecule has 0 saturated heterocycles. The van der Waals surface area contributed by atoms with Gasteiger partial charge in [0.15, 0.2) is 5.82 Å². The maximum Gasteiger partial charge on any atom is 0.321 e. The summed E-state index contributed by atoms with van der Waals surface area (Å²) in [5.41, 5.74) is 2.44. The topological polar surface area (TPSA) is 101 Å². The number of fused-ring (bicyclic) bond motifs is 1. The van der Waals surface area contributed by atoms with E-state index in [1.807, 2.05) is 54.6 Å². The number of amides is 3. The van der Waals surface area contributed by atoms with Gasteiger partial charge in [0.2, 0.25) is 0 Å². The molecule has 1 unspecified atom stereocenters. The fourth-order valence-electron chi connectivity index (χ4n) is 3.81. The average molecular weight is 419 g/mol. The molecule has 8 heteroatoms. The van der Waals surface area contributed by atoms with Gasteiger partial charge < -0.3 is 15.2 Å². The van der Waals surface area contributed by atoms with Crippen molar-refractivity contribution in [1.82, 2.24) is 25.4 Å². The first-order valence-corrected chi connectivity index (χ1v) is 10.5. The van der Waals surface area contributed by atoms with Gasteiger partial charge in [0.25, 0.3) is 5.91 Å². The van der Waals surface area contributed by atoms with Crippen molar-refractivity contribution in [2.75, 3.05) is 12.4 Å². The van der Waals surface area contributed by atoms with E-state index in [1.54, 1.807) is 0 Å². The quantitative estimate of drug-likeness (QED) is 0.590. The van der Waals surface area contributed by atoms with E-state index in [-0.39, 0.29) is 0 Å². The number of anilines is 1. The largest absolute Gasteiger partial charge is 0.370 e. The molecule has 1 atom stereocenters. The second kappa shape index (κ2) is 9.42. The Morgan fingerprint density at radius 2 is 1.84 bits per heavy atom. The molecule has 2 aromatic carbocycles. The highest BCUT2D eigenvalue weighted by atomic mass is 16.2. The van der Waals surface area contributed by atoms with Crippen molar-refractivity contribution in [2.45, 2.75) is 38.3 Å². The van der Waals surface area contributed by atoms with Crippen LogP contribution in [0.5, 0.6) is 0 Å². The van der Waals surface area contributed by atoms with E-state index in [1.165, 1.54) is 13.5 Å². The number of carbonyl (C=O) groups is 2. The highest BCUT2D eigenvalue weighted by Crippen LogP contribution is 2.27. The Hall–Kier alpha value is -3.68. The van der Waals surface area contributed by atoms with Crippen LogP contribution in [0.15, 0.2) is 54.6 Å². The molecule has 0 fully saturated rings. The summed E-state index contributed by atoms with van der Waals surface area (Å²) < 4.78 is 2.19. The van der Waals surface area contributed by atoms with Crippen LogP contribution in [-0.4, -0.2) is 33.8 Å². The molecule has 3 amide bonds. The van der Waals surface area contributed by atoms with Gasteiger partial charge in [0, 0.05) is 31.3 Å². The number of aromatic nitrogens is 3. The molecule has 3 aromatic rings. The molecule has 31 heavy (non-hydrogen) atoms. The van der Waals surface area contributed by atoms with Gasteiger partial charge in [-0.1, -0.05) is 48.9 Å². The number of urea groups is 1. The Balaban J connectivity index is 1.62. The smallest absolute Gasteiger partial charge is 0.321 e. The summed E-state index contributed by atoms with van der Waals surface area (Å²) in [6.07, 6.45) is 4.40. The second-order valence-electron chi connectivity index (χ2n) is 7.54. The van der Waals surface area contributed by atoms with Crippen LogP contribution >= 0.6 is 0 Å². The summed E-state index contributed by atoms with van der Waals surface area (Å²) >= 11 is 0. The van der Waals surface area contributed by atoms with Crippen LogP contribution in [0.2, 0.25) is 0 Å². The Morgan fingerprint density at radius 1 is 1.00 bits per heavy atom. The highest BCUT2D eigenvalue weighted by molar-refractivity contribution is 5.98. The van der Waals surface area contributed by atoms with Crippen LogP contribution in [0.3, 0.4) is 0 Å². The minimum absolute atomic E-state index is 0.438. The van der Waals surface area contributed by atoms with E-state index in [0.717, 1.165) is 54.3 Å². The fraction of sp³-hybridized carbons (Fsp3) is 0.304. The third-order valence-corrected chi connectivity index (χ3v) is 5.40. The summed E-state index contributed by atoms with van der Waals surface area (Å²) in [5, 5.41) is 16.9. The van der Waals surface area contributed by atoms with E-state index in [4.69, 9.17) is 0 Å². The van der Waals surface area contributed by atoms with Crippen LogP contribution in [0, 0.1) is 0 Å². The first-order valence-electron chi connectivity index (χ1n) is 10.5. The summed E-state index contributed by atoms with van der Waals surface area (Å²) in [5.74, 6) is 1.43. The maximum atomic E-state index is 12.8. The second-order valence-corrected chi connectivity index (χ2v) is 7.54. The van der Waals surface area contributed by atoms with Crippen LogP contribution in [0.4, 0.5) is 10.5 Å². The number of aryl methyl sites for hydroxylation is 1. The van der Waals surface area contributed by atoms with Gasteiger partial charge in [0.1, 0.15) is 11.9 Å². The number of hydrogen-bond donors (Lipinski definition) is 3. The predicted molar refractivity (Wildman–Crippen MR) is 118 cm³/mol. The minimum Gasteiger partial charge on any atom is -0.370 e. The molecule has 0 radical (unpaired) electrons. The first-order chi connectivity index (χ1) is 15.2. The van der Waals surface area contributed by atoms with E-state index in [2.05, 4.69) is 30.7 Å². The van der Waals surface area contributed by atoms with Gasteiger partial charge in [-0.25, -0.2) is 4.79 Å². The predicted octanol–water partition coefficient (Wildman–Crippen LogP) is 3.28. The van der Waals surface area contributed by atoms with Crippen molar-refractivity contribution < 1.29 is 9.59 Å². The molecule has 0 bridgehead atoms. The Morgan fingerprint density at radius 3 is 2.65 bits per heavy atom. The summed E-state index contributed by atoms with van der Waals surface area (Å²) in [4.78, 5) is 24.5. The van der Waals surface area contributed by atoms with Gasteiger partial charge >= 0.3 is 6.03 Å². The highest BCUT2D eigenvalue weighted by Gasteiger charge is 2.23. The zero-order valence-electron chi connectivity index (χ0n) is 17.5. The SMILES string of the molecule is CNC(=O)NC(=O)C(Nc1cccc(-c2nnc3n2CCCCC3)c1)c1ccccc1. The molecule has 0 spiro atoms. The normalized spacial score (nSPS) is 14.1.